The summed E-state index contributed by atoms with van der Waals surface area (Å²) < 4.78 is 5.36. The lowest BCUT2D eigenvalue weighted by Crippen LogP contribution is -2.48. The lowest BCUT2D eigenvalue weighted by molar-refractivity contribution is 0.0622. The second kappa shape index (κ2) is 10.6. The van der Waals surface area contributed by atoms with Crippen LogP contribution in [0.15, 0.2) is 0 Å². The summed E-state index contributed by atoms with van der Waals surface area (Å²) in [7, 11) is 3.93. The number of hydrogen-bond donors (Lipinski definition) is 1. The lowest BCUT2D eigenvalue weighted by Gasteiger charge is -2.41. The highest BCUT2D eigenvalue weighted by Gasteiger charge is 2.33. The monoisotopic (exact) mass is 298 g/mol. The topological polar surface area (TPSA) is 24.5 Å². The van der Waals surface area contributed by atoms with Gasteiger partial charge in [-0.3, -0.25) is 4.90 Å². The zero-order valence-electron chi connectivity index (χ0n) is 14.9. The molecule has 0 aromatic carbocycles. The molecule has 0 aromatic rings. The summed E-state index contributed by atoms with van der Waals surface area (Å²) in [6, 6.07) is 0.706. The Balaban J connectivity index is 2.77. The Labute approximate surface area is 132 Å². The molecule has 0 bridgehead atoms. The smallest absolute Gasteiger partial charge is 0.0589 e. The van der Waals surface area contributed by atoms with Crippen molar-refractivity contribution in [1.82, 2.24) is 10.2 Å². The van der Waals surface area contributed by atoms with Gasteiger partial charge in [-0.15, -0.1) is 0 Å². The van der Waals surface area contributed by atoms with Gasteiger partial charge < -0.3 is 10.1 Å². The zero-order chi connectivity index (χ0) is 15.6. The Hall–Kier alpha value is -0.120. The van der Waals surface area contributed by atoms with E-state index in [1.54, 1.807) is 0 Å². The Bertz CT molecular complexity index is 246. The molecule has 3 nitrogen and oxygen atoms in total. The van der Waals surface area contributed by atoms with Crippen molar-refractivity contribution in [2.75, 3.05) is 40.4 Å². The summed E-state index contributed by atoms with van der Waals surface area (Å²) in [6.45, 7) is 8.98. The third-order valence-electron chi connectivity index (χ3n) is 5.30. The number of ether oxygens (including phenoxy) is 1. The van der Waals surface area contributed by atoms with Crippen molar-refractivity contribution in [1.29, 1.82) is 0 Å². The third kappa shape index (κ3) is 6.25. The highest BCUT2D eigenvalue weighted by Crippen LogP contribution is 2.36. The van der Waals surface area contributed by atoms with Gasteiger partial charge in [0, 0.05) is 32.8 Å². The van der Waals surface area contributed by atoms with Crippen LogP contribution in [0, 0.1) is 5.41 Å². The molecule has 0 atom stereocenters. The van der Waals surface area contributed by atoms with Gasteiger partial charge in [0.15, 0.2) is 0 Å². The molecule has 0 amide bonds. The molecule has 126 valence electrons. The molecule has 1 aliphatic rings. The van der Waals surface area contributed by atoms with E-state index in [-0.39, 0.29) is 0 Å². The fraction of sp³-hybridized carbons (Fsp3) is 1.00. The van der Waals surface area contributed by atoms with Gasteiger partial charge in [0.05, 0.1) is 6.61 Å². The van der Waals surface area contributed by atoms with Gasteiger partial charge in [0.25, 0.3) is 0 Å². The molecule has 3 heteroatoms. The van der Waals surface area contributed by atoms with Crippen LogP contribution in [-0.4, -0.2) is 51.3 Å². The fourth-order valence-corrected chi connectivity index (χ4v) is 4.08. The number of rotatable bonds is 10. The molecule has 0 unspecified atom stereocenters. The minimum Gasteiger partial charge on any atom is -0.383 e. The van der Waals surface area contributed by atoms with Crippen molar-refractivity contribution in [3.05, 3.63) is 0 Å². The normalized spacial score (nSPS) is 19.1. The lowest BCUT2D eigenvalue weighted by atomic mass is 9.79. The van der Waals surface area contributed by atoms with E-state index < -0.39 is 0 Å². The first kappa shape index (κ1) is 18.9. The van der Waals surface area contributed by atoms with Gasteiger partial charge >= 0.3 is 0 Å². The Morgan fingerprint density at radius 2 is 1.71 bits per heavy atom. The molecule has 0 saturated heterocycles. The molecule has 1 N–H and O–H groups in total. The van der Waals surface area contributed by atoms with Crippen LogP contribution in [0.2, 0.25) is 0 Å². The molecule has 1 saturated carbocycles. The number of nitrogens with one attached hydrogen (secondary N) is 1. The Morgan fingerprint density at radius 3 is 2.19 bits per heavy atom. The summed E-state index contributed by atoms with van der Waals surface area (Å²) in [5, 5.41) is 3.48. The molecule has 0 heterocycles. The minimum absolute atomic E-state index is 0.474. The van der Waals surface area contributed by atoms with E-state index in [0.717, 1.165) is 19.7 Å². The van der Waals surface area contributed by atoms with E-state index in [9.17, 15) is 0 Å². The van der Waals surface area contributed by atoms with Gasteiger partial charge in [-0.2, -0.15) is 0 Å². The first-order valence-corrected chi connectivity index (χ1v) is 9.09. The molecule has 1 rings (SSSR count). The summed E-state index contributed by atoms with van der Waals surface area (Å²) >= 11 is 0. The van der Waals surface area contributed by atoms with Crippen molar-refractivity contribution in [3.8, 4) is 0 Å². The predicted octanol–water partition coefficient (Wildman–Crippen LogP) is 3.68. The molecular weight excluding hydrogens is 260 g/mol. The second-order valence-electron chi connectivity index (χ2n) is 6.88. The van der Waals surface area contributed by atoms with Gasteiger partial charge in [-0.05, 0) is 38.1 Å². The highest BCUT2D eigenvalue weighted by molar-refractivity contribution is 4.88. The maximum Gasteiger partial charge on any atom is 0.0589 e. The van der Waals surface area contributed by atoms with Crippen LogP contribution in [-0.2, 0) is 4.74 Å². The van der Waals surface area contributed by atoms with Crippen LogP contribution >= 0.6 is 0 Å². The number of hydrogen-bond acceptors (Lipinski definition) is 3. The summed E-state index contributed by atoms with van der Waals surface area (Å²) in [5.74, 6) is 0. The first-order valence-electron chi connectivity index (χ1n) is 9.09. The quantitative estimate of drug-likeness (QED) is 0.623. The molecule has 21 heavy (non-hydrogen) atoms. The van der Waals surface area contributed by atoms with Crippen molar-refractivity contribution in [2.24, 2.45) is 5.41 Å². The SMILES string of the molecule is CCC(CC)N(CCOC)CC1(CNC)CCCCCC1. The number of nitrogens with zero attached hydrogens (tertiary/aromatic N) is 1. The van der Waals surface area contributed by atoms with Crippen molar-refractivity contribution < 1.29 is 4.74 Å². The van der Waals surface area contributed by atoms with E-state index in [2.05, 4.69) is 31.1 Å². The molecular formula is C18H38N2O. The van der Waals surface area contributed by atoms with Gasteiger partial charge in [-0.1, -0.05) is 39.5 Å². The molecule has 1 fully saturated rings. The fourth-order valence-electron chi connectivity index (χ4n) is 4.08. The first-order chi connectivity index (χ1) is 10.2. The van der Waals surface area contributed by atoms with Crippen LogP contribution in [0.3, 0.4) is 0 Å². The van der Waals surface area contributed by atoms with E-state index in [0.29, 0.717) is 11.5 Å². The third-order valence-corrected chi connectivity index (χ3v) is 5.30. The van der Waals surface area contributed by atoms with E-state index in [1.807, 2.05) is 7.11 Å². The molecule has 0 aliphatic heterocycles. The van der Waals surface area contributed by atoms with Gasteiger partial charge in [-0.25, -0.2) is 0 Å². The number of methoxy groups -OCH3 is 1. The van der Waals surface area contributed by atoms with E-state index in [1.165, 1.54) is 57.9 Å². The van der Waals surface area contributed by atoms with Gasteiger partial charge in [0.1, 0.15) is 0 Å². The Morgan fingerprint density at radius 1 is 1.10 bits per heavy atom. The maximum absolute atomic E-state index is 5.36. The maximum atomic E-state index is 5.36. The van der Waals surface area contributed by atoms with Crippen LogP contribution in [0.25, 0.3) is 0 Å². The zero-order valence-corrected chi connectivity index (χ0v) is 14.9. The largest absolute Gasteiger partial charge is 0.383 e. The predicted molar refractivity (Wildman–Crippen MR) is 91.9 cm³/mol. The van der Waals surface area contributed by atoms with Crippen molar-refractivity contribution >= 4 is 0 Å². The van der Waals surface area contributed by atoms with Crippen LogP contribution in [0.5, 0.6) is 0 Å². The molecule has 0 spiro atoms. The summed E-state index contributed by atoms with van der Waals surface area (Å²) in [6.07, 6.45) is 10.9. The minimum atomic E-state index is 0.474. The molecule has 0 aromatic heterocycles. The highest BCUT2D eigenvalue weighted by atomic mass is 16.5. The molecule has 1 aliphatic carbocycles. The van der Waals surface area contributed by atoms with E-state index >= 15 is 0 Å². The van der Waals surface area contributed by atoms with Gasteiger partial charge in [0.2, 0.25) is 0 Å². The average Bonchev–Trinajstić information content (AvgIpc) is 2.72. The van der Waals surface area contributed by atoms with Crippen LogP contribution in [0.4, 0.5) is 0 Å². The van der Waals surface area contributed by atoms with Crippen LogP contribution < -0.4 is 5.32 Å². The summed E-state index contributed by atoms with van der Waals surface area (Å²) in [4.78, 5) is 2.71. The molecule has 0 radical (unpaired) electrons. The average molecular weight is 299 g/mol. The van der Waals surface area contributed by atoms with Crippen LogP contribution in [0.1, 0.15) is 65.2 Å². The summed E-state index contributed by atoms with van der Waals surface area (Å²) in [5.41, 5.74) is 0.474. The van der Waals surface area contributed by atoms with Crippen molar-refractivity contribution in [3.63, 3.8) is 0 Å². The second-order valence-corrected chi connectivity index (χ2v) is 6.88. The Kier molecular flexibility index (Phi) is 9.54. The van der Waals surface area contributed by atoms with Crippen molar-refractivity contribution in [2.45, 2.75) is 71.3 Å². The standard InChI is InChI=1S/C18H38N2O/c1-5-17(6-2)20(13-14-21-4)16-18(15-19-3)11-9-7-8-10-12-18/h17,19H,5-16H2,1-4H3. The van der Waals surface area contributed by atoms with E-state index in [4.69, 9.17) is 4.74 Å².